The fourth-order valence-electron chi connectivity index (χ4n) is 3.61. The van der Waals surface area contributed by atoms with Crippen molar-refractivity contribution in [3.8, 4) is 0 Å². The third kappa shape index (κ3) is 5.08. The lowest BCUT2D eigenvalue weighted by Gasteiger charge is -2.07. The van der Waals surface area contributed by atoms with Crippen LogP contribution in [-0.4, -0.2) is 13.0 Å². The predicted octanol–water partition coefficient (Wildman–Crippen LogP) is 8.15. The average molecular weight is 473 g/mol. The normalized spacial score (nSPS) is 12.3. The van der Waals surface area contributed by atoms with Gasteiger partial charge in [0.15, 0.2) is 0 Å². The molecule has 0 amide bonds. The van der Waals surface area contributed by atoms with Gasteiger partial charge in [-0.25, -0.2) is 0 Å². The van der Waals surface area contributed by atoms with Gasteiger partial charge in [0.05, 0.1) is 27.6 Å². The van der Waals surface area contributed by atoms with Crippen molar-refractivity contribution in [3.63, 3.8) is 0 Å². The third-order valence-electron chi connectivity index (χ3n) is 5.54. The van der Waals surface area contributed by atoms with Crippen molar-refractivity contribution < 1.29 is 13.0 Å². The second kappa shape index (κ2) is 9.24. The molecule has 0 bridgehead atoms. The Hall–Kier alpha value is -3.75. The Balaban J connectivity index is 1.64. The number of hydrogen-bond acceptors (Lipinski definition) is 6. The van der Waals surface area contributed by atoms with Crippen LogP contribution in [0.1, 0.15) is 22.3 Å². The molecule has 0 unspecified atom stereocenters. The predicted molar refractivity (Wildman–Crippen MR) is 134 cm³/mol. The largest absolute Gasteiger partial charge is 0.294 e. The van der Waals surface area contributed by atoms with Crippen molar-refractivity contribution >= 4 is 43.6 Å². The molecule has 0 heterocycles. The molecule has 0 aliphatic heterocycles. The zero-order chi connectivity index (χ0) is 24.5. The molecule has 1 N–H and O–H groups in total. The monoisotopic (exact) mass is 472 g/mol. The Bertz CT molecular complexity index is 1580. The van der Waals surface area contributed by atoms with Crippen molar-refractivity contribution in [2.45, 2.75) is 32.6 Å². The maximum atomic E-state index is 11.3. The third-order valence-corrected chi connectivity index (χ3v) is 6.39. The van der Waals surface area contributed by atoms with E-state index in [0.717, 1.165) is 33.3 Å². The Morgan fingerprint density at radius 3 is 1.94 bits per heavy atom. The van der Waals surface area contributed by atoms with Gasteiger partial charge in [0.25, 0.3) is 10.1 Å². The molecule has 0 saturated heterocycles. The van der Waals surface area contributed by atoms with E-state index in [-0.39, 0.29) is 4.90 Å². The second-order valence-corrected chi connectivity index (χ2v) is 9.67. The first-order chi connectivity index (χ1) is 16.1. The smallest absolute Gasteiger partial charge is 0.282 e. The lowest BCUT2D eigenvalue weighted by Crippen LogP contribution is -1.96. The number of fused-ring (bicyclic) bond motifs is 1. The molecule has 0 radical (unpaired) electrons. The molecular weight excluding hydrogens is 448 g/mol. The number of rotatable bonds is 5. The van der Waals surface area contributed by atoms with Crippen LogP contribution in [0.4, 0.5) is 22.7 Å². The van der Waals surface area contributed by atoms with Crippen LogP contribution >= 0.6 is 0 Å². The first-order valence-electron chi connectivity index (χ1n) is 10.6. The molecule has 4 rings (SSSR count). The van der Waals surface area contributed by atoms with Crippen molar-refractivity contribution in [1.82, 2.24) is 0 Å². The van der Waals surface area contributed by atoms with Gasteiger partial charge in [-0.3, -0.25) is 4.55 Å². The standard InChI is InChI=1S/C26H24N4O3S/c1-16-8-10-22-17(2)9-11-24(23(22)12-16)28-30-26-14-18(3)25(13-19(26)4)29-27-20-6-5-7-21(15-20)34(31,32)33/h5-15H,1-4H3,(H,31,32,33). The molecule has 172 valence electrons. The van der Waals surface area contributed by atoms with E-state index in [1.165, 1.54) is 29.3 Å². The Morgan fingerprint density at radius 1 is 0.618 bits per heavy atom. The van der Waals surface area contributed by atoms with E-state index < -0.39 is 10.1 Å². The van der Waals surface area contributed by atoms with Crippen molar-refractivity contribution in [1.29, 1.82) is 0 Å². The summed E-state index contributed by atoms with van der Waals surface area (Å²) >= 11 is 0. The summed E-state index contributed by atoms with van der Waals surface area (Å²) in [5.41, 5.74) is 6.57. The van der Waals surface area contributed by atoms with Crippen LogP contribution in [0.15, 0.2) is 92.1 Å². The first kappa shape index (κ1) is 23.4. The average Bonchev–Trinajstić information content (AvgIpc) is 2.79. The van der Waals surface area contributed by atoms with E-state index in [1.54, 1.807) is 6.07 Å². The fourth-order valence-corrected chi connectivity index (χ4v) is 4.13. The number of azo groups is 2. The quantitative estimate of drug-likeness (QED) is 0.234. The second-order valence-electron chi connectivity index (χ2n) is 8.25. The Labute approximate surface area is 198 Å². The van der Waals surface area contributed by atoms with Crippen molar-refractivity contribution in [2.75, 3.05) is 0 Å². The highest BCUT2D eigenvalue weighted by atomic mass is 32.2. The molecule has 8 heteroatoms. The van der Waals surface area contributed by atoms with E-state index in [2.05, 4.69) is 52.5 Å². The van der Waals surface area contributed by atoms with Gasteiger partial charge in [-0.05, 0) is 92.2 Å². The molecule has 4 aromatic carbocycles. The van der Waals surface area contributed by atoms with Gasteiger partial charge in [-0.2, -0.15) is 23.8 Å². The Kier molecular flexibility index (Phi) is 6.37. The van der Waals surface area contributed by atoms with E-state index in [1.807, 2.05) is 38.1 Å². The summed E-state index contributed by atoms with van der Waals surface area (Å²) in [6.07, 6.45) is 0. The van der Waals surface area contributed by atoms with Gasteiger partial charge in [0, 0.05) is 5.39 Å². The topological polar surface area (TPSA) is 104 Å². The minimum absolute atomic E-state index is 0.230. The number of benzene rings is 4. The summed E-state index contributed by atoms with van der Waals surface area (Å²) in [7, 11) is -4.30. The SMILES string of the molecule is Cc1ccc2c(C)ccc(N=Nc3cc(C)c(N=Nc4cccc(S(=O)(=O)O)c4)cc3C)c2c1. The minimum Gasteiger partial charge on any atom is -0.282 e. The molecule has 0 fully saturated rings. The lowest BCUT2D eigenvalue weighted by molar-refractivity contribution is 0.483. The van der Waals surface area contributed by atoms with Gasteiger partial charge in [0.2, 0.25) is 0 Å². The van der Waals surface area contributed by atoms with E-state index in [4.69, 9.17) is 0 Å². The van der Waals surface area contributed by atoms with Crippen LogP contribution in [0.3, 0.4) is 0 Å². The molecule has 0 atom stereocenters. The van der Waals surface area contributed by atoms with Crippen LogP contribution in [0.2, 0.25) is 0 Å². The maximum Gasteiger partial charge on any atom is 0.294 e. The molecule has 34 heavy (non-hydrogen) atoms. The van der Waals surface area contributed by atoms with Gasteiger partial charge >= 0.3 is 0 Å². The minimum atomic E-state index is -4.30. The Morgan fingerprint density at radius 2 is 1.26 bits per heavy atom. The van der Waals surface area contributed by atoms with Gasteiger partial charge in [-0.1, -0.05) is 29.8 Å². The highest BCUT2D eigenvalue weighted by Crippen LogP contribution is 2.34. The van der Waals surface area contributed by atoms with E-state index in [9.17, 15) is 13.0 Å². The molecule has 0 saturated carbocycles. The van der Waals surface area contributed by atoms with Crippen LogP contribution in [0, 0.1) is 27.7 Å². The molecule has 0 aliphatic rings. The summed E-state index contributed by atoms with van der Waals surface area (Å²) in [4.78, 5) is -0.230. The summed E-state index contributed by atoms with van der Waals surface area (Å²) in [5, 5.41) is 19.6. The van der Waals surface area contributed by atoms with Gasteiger partial charge in [-0.15, -0.1) is 5.11 Å². The highest BCUT2D eigenvalue weighted by molar-refractivity contribution is 7.85. The molecule has 7 nitrogen and oxygen atoms in total. The lowest BCUT2D eigenvalue weighted by atomic mass is 10.0. The zero-order valence-electron chi connectivity index (χ0n) is 19.3. The number of hydrogen-bond donors (Lipinski definition) is 1. The highest BCUT2D eigenvalue weighted by Gasteiger charge is 2.10. The van der Waals surface area contributed by atoms with E-state index >= 15 is 0 Å². The van der Waals surface area contributed by atoms with Crippen molar-refractivity contribution in [2.24, 2.45) is 20.5 Å². The summed E-state index contributed by atoms with van der Waals surface area (Å²) in [6.45, 7) is 7.95. The summed E-state index contributed by atoms with van der Waals surface area (Å²) in [6, 6.07) is 19.8. The molecular formula is C26H24N4O3S. The molecule has 4 aromatic rings. The number of nitrogens with zero attached hydrogens (tertiary/aromatic N) is 4. The molecule has 0 spiro atoms. The molecule has 0 aliphatic carbocycles. The summed E-state index contributed by atoms with van der Waals surface area (Å²) < 4.78 is 31.9. The summed E-state index contributed by atoms with van der Waals surface area (Å²) in [5.74, 6) is 0. The van der Waals surface area contributed by atoms with Crippen LogP contribution in [0.5, 0.6) is 0 Å². The zero-order valence-corrected chi connectivity index (χ0v) is 20.1. The maximum absolute atomic E-state index is 11.3. The van der Waals surface area contributed by atoms with Gasteiger partial charge < -0.3 is 0 Å². The van der Waals surface area contributed by atoms with Crippen LogP contribution in [-0.2, 0) is 10.1 Å². The molecule has 0 aromatic heterocycles. The van der Waals surface area contributed by atoms with Crippen molar-refractivity contribution in [3.05, 3.63) is 89.0 Å². The van der Waals surface area contributed by atoms with Crippen LogP contribution in [0.25, 0.3) is 10.8 Å². The van der Waals surface area contributed by atoms with Gasteiger partial charge in [0.1, 0.15) is 0 Å². The fraction of sp³-hybridized carbons (Fsp3) is 0.154. The van der Waals surface area contributed by atoms with Crippen LogP contribution < -0.4 is 0 Å². The first-order valence-corrected chi connectivity index (χ1v) is 12.1. The van der Waals surface area contributed by atoms with E-state index in [0.29, 0.717) is 11.4 Å². The number of aryl methyl sites for hydroxylation is 4.